The summed E-state index contributed by atoms with van der Waals surface area (Å²) in [6.45, 7) is 20.9. The van der Waals surface area contributed by atoms with E-state index >= 15 is 0 Å². The van der Waals surface area contributed by atoms with Crippen molar-refractivity contribution in [3.05, 3.63) is 53.0 Å². The minimum Gasteiger partial charge on any atom is -0.458 e. The molecule has 5 rings (SSSR count). The van der Waals surface area contributed by atoms with Crippen LogP contribution in [-0.2, 0) is 19.1 Å². The lowest BCUT2D eigenvalue weighted by molar-refractivity contribution is -0.156. The lowest BCUT2D eigenvalue weighted by Gasteiger charge is -2.35. The van der Waals surface area contributed by atoms with Gasteiger partial charge in [0.25, 0.3) is 0 Å². The number of aryl methyl sites for hydroxylation is 1. The van der Waals surface area contributed by atoms with E-state index in [9.17, 15) is 14.4 Å². The second-order valence-electron chi connectivity index (χ2n) is 15.9. The van der Waals surface area contributed by atoms with Gasteiger partial charge in [-0.1, -0.05) is 19.9 Å². The Balaban J connectivity index is 1.83. The van der Waals surface area contributed by atoms with Crippen LogP contribution >= 0.6 is 12.6 Å². The summed E-state index contributed by atoms with van der Waals surface area (Å²) in [5.74, 6) is -0.665. The predicted molar refractivity (Wildman–Crippen MR) is 203 cm³/mol. The Kier molecular flexibility index (Phi) is 10.8. The molecule has 1 atom stereocenters. The summed E-state index contributed by atoms with van der Waals surface area (Å²) < 4.78 is 15.5. The molecular formula is C38H53N7O5S. The zero-order chi connectivity index (χ0) is 37.6. The molecule has 12 nitrogen and oxygen atoms in total. The number of amides is 2. The maximum atomic E-state index is 14.6. The fourth-order valence-corrected chi connectivity index (χ4v) is 7.31. The number of carbonyl (C=O) groups is 3. The normalized spacial score (nSPS) is 15.5. The van der Waals surface area contributed by atoms with Gasteiger partial charge in [0.05, 0.1) is 17.8 Å². The van der Waals surface area contributed by atoms with Gasteiger partial charge in [-0.05, 0) is 128 Å². The molecule has 1 aliphatic heterocycles. The van der Waals surface area contributed by atoms with Gasteiger partial charge in [-0.3, -0.25) is 9.69 Å². The molecule has 0 bridgehead atoms. The Morgan fingerprint density at radius 2 is 1.67 bits per heavy atom. The monoisotopic (exact) mass is 719 g/mol. The van der Waals surface area contributed by atoms with E-state index in [-0.39, 0.29) is 30.0 Å². The second kappa shape index (κ2) is 14.5. The van der Waals surface area contributed by atoms with Gasteiger partial charge in [0.15, 0.2) is 11.7 Å². The fraction of sp³-hybridized carbons (Fsp3) is 0.553. The van der Waals surface area contributed by atoms with Gasteiger partial charge in [-0.2, -0.15) is 22.7 Å². The molecule has 0 aliphatic carbocycles. The number of piperidine rings is 1. The molecular weight excluding hydrogens is 667 g/mol. The van der Waals surface area contributed by atoms with Crippen molar-refractivity contribution < 1.29 is 23.9 Å². The van der Waals surface area contributed by atoms with E-state index in [0.29, 0.717) is 0 Å². The van der Waals surface area contributed by atoms with Crippen LogP contribution < -0.4 is 10.7 Å². The number of benzene rings is 1. The van der Waals surface area contributed by atoms with Crippen molar-refractivity contribution in [1.82, 2.24) is 24.2 Å². The van der Waals surface area contributed by atoms with Gasteiger partial charge < -0.3 is 15.2 Å². The van der Waals surface area contributed by atoms with E-state index in [1.165, 1.54) is 16.9 Å². The molecule has 2 N–H and O–H groups in total. The average Bonchev–Trinajstić information content (AvgIpc) is 3.62. The first-order chi connectivity index (χ1) is 23.8. The summed E-state index contributed by atoms with van der Waals surface area (Å²) in [7, 11) is 0. The highest BCUT2D eigenvalue weighted by molar-refractivity contribution is 7.80. The highest BCUT2D eigenvalue weighted by atomic mass is 32.1. The van der Waals surface area contributed by atoms with Crippen LogP contribution in [0.5, 0.6) is 0 Å². The third kappa shape index (κ3) is 8.04. The number of carbonyl (C=O) groups excluding carboxylic acids is 3. The Morgan fingerprint density at radius 1 is 1.02 bits per heavy atom. The van der Waals surface area contributed by atoms with Crippen LogP contribution in [0.25, 0.3) is 27.8 Å². The second-order valence-corrected chi connectivity index (χ2v) is 16.3. The highest BCUT2D eigenvalue weighted by Crippen LogP contribution is 2.43. The van der Waals surface area contributed by atoms with Crippen molar-refractivity contribution in [2.45, 2.75) is 111 Å². The van der Waals surface area contributed by atoms with Crippen molar-refractivity contribution in [2.24, 2.45) is 5.73 Å². The van der Waals surface area contributed by atoms with Gasteiger partial charge in [0, 0.05) is 22.9 Å². The van der Waals surface area contributed by atoms with Gasteiger partial charge >= 0.3 is 12.1 Å². The molecule has 4 aromatic rings. The molecule has 2 amide bonds. The van der Waals surface area contributed by atoms with Crippen LogP contribution in [0.3, 0.4) is 0 Å². The molecule has 13 heteroatoms. The SMILES string of the molecule is Cc1c(-c2c(C(C)C)c3cc(C4CCN(CC(N)=O)CC4)ccc3n2N(C(=O)OC(C)(C)C)[C@@H](CS)C(=O)OC(C)(C)C)cn2ncnc2c1C. The van der Waals surface area contributed by atoms with E-state index in [1.54, 1.807) is 46.1 Å². The van der Waals surface area contributed by atoms with Gasteiger partial charge in [0.1, 0.15) is 17.5 Å². The number of aromatic nitrogens is 4. The molecule has 4 heterocycles. The molecule has 276 valence electrons. The van der Waals surface area contributed by atoms with Gasteiger partial charge in [-0.25, -0.2) is 23.8 Å². The molecule has 0 radical (unpaired) electrons. The summed E-state index contributed by atoms with van der Waals surface area (Å²) in [4.78, 5) is 46.7. The van der Waals surface area contributed by atoms with E-state index < -0.39 is 29.3 Å². The van der Waals surface area contributed by atoms with Gasteiger partial charge in [-0.15, -0.1) is 0 Å². The minimum absolute atomic E-state index is 0.000900. The van der Waals surface area contributed by atoms with Crippen LogP contribution in [0.15, 0.2) is 30.7 Å². The first-order valence-electron chi connectivity index (χ1n) is 17.7. The molecule has 0 saturated carbocycles. The van der Waals surface area contributed by atoms with Crippen LogP contribution in [0.4, 0.5) is 4.79 Å². The number of rotatable bonds is 9. The standard InChI is InChI=1S/C38H53N7O5S/c1-22(2)32-27-17-26(25-13-15-42(16-14-25)19-31(39)46)11-12-29(27)44(33(32)28-18-43-34(40-21-41-43)24(4)23(28)3)45(36(48)50-38(8,9)10)30(20-51)35(47)49-37(5,6)7/h11-12,17-18,21-22,25,30,51H,13-16,19-20H2,1-10H3,(H2,39,46)/t30-/m0/s1. The smallest absolute Gasteiger partial charge is 0.430 e. The number of primary amides is 1. The number of hydrogen-bond donors (Lipinski definition) is 2. The molecule has 1 fully saturated rings. The van der Waals surface area contributed by atoms with Crippen molar-refractivity contribution in [3.63, 3.8) is 0 Å². The summed E-state index contributed by atoms with van der Waals surface area (Å²) in [6.07, 6.45) is 4.53. The molecule has 0 unspecified atom stereocenters. The predicted octanol–water partition coefficient (Wildman–Crippen LogP) is 6.27. The summed E-state index contributed by atoms with van der Waals surface area (Å²) in [6, 6.07) is 5.23. The largest absolute Gasteiger partial charge is 0.458 e. The number of fused-ring (bicyclic) bond motifs is 2. The minimum atomic E-state index is -1.14. The number of hydrogen-bond acceptors (Lipinski definition) is 9. The molecule has 1 aromatic carbocycles. The van der Waals surface area contributed by atoms with E-state index in [4.69, 9.17) is 15.2 Å². The van der Waals surface area contributed by atoms with E-state index in [0.717, 1.165) is 70.4 Å². The fourth-order valence-electron chi connectivity index (χ4n) is 7.00. The van der Waals surface area contributed by atoms with Crippen molar-refractivity contribution >= 4 is 47.1 Å². The molecule has 51 heavy (non-hydrogen) atoms. The molecule has 1 aliphatic rings. The highest BCUT2D eigenvalue weighted by Gasteiger charge is 2.40. The number of pyridine rings is 1. The first-order valence-corrected chi connectivity index (χ1v) is 18.3. The topological polar surface area (TPSA) is 137 Å². The lowest BCUT2D eigenvalue weighted by Crippen LogP contribution is -2.56. The third-order valence-electron chi connectivity index (χ3n) is 9.35. The van der Waals surface area contributed by atoms with Crippen LogP contribution in [0.2, 0.25) is 0 Å². The maximum absolute atomic E-state index is 14.6. The quantitative estimate of drug-likeness (QED) is 0.153. The Bertz CT molecular complexity index is 1940. The molecule has 0 spiro atoms. The number of likely N-dealkylation sites (tertiary alicyclic amines) is 1. The Morgan fingerprint density at radius 3 is 2.24 bits per heavy atom. The zero-order valence-corrected chi connectivity index (χ0v) is 32.5. The Labute approximate surface area is 306 Å². The number of nitrogens with two attached hydrogens (primary N) is 1. The number of thiol groups is 1. The van der Waals surface area contributed by atoms with Crippen LogP contribution in [-0.4, -0.2) is 84.8 Å². The maximum Gasteiger partial charge on any atom is 0.430 e. The van der Waals surface area contributed by atoms with Crippen LogP contribution in [0, 0.1) is 13.8 Å². The summed E-state index contributed by atoms with van der Waals surface area (Å²) >= 11 is 4.63. The zero-order valence-electron chi connectivity index (χ0n) is 31.6. The number of nitrogens with zero attached hydrogens (tertiary/aromatic N) is 6. The third-order valence-corrected chi connectivity index (χ3v) is 9.69. The average molecular weight is 720 g/mol. The van der Waals surface area contributed by atoms with E-state index in [2.05, 4.69) is 53.6 Å². The van der Waals surface area contributed by atoms with Gasteiger partial charge in [0.2, 0.25) is 5.91 Å². The summed E-state index contributed by atoms with van der Waals surface area (Å²) in [5.41, 5.74) is 11.0. The van der Waals surface area contributed by atoms with Crippen molar-refractivity contribution in [3.8, 4) is 11.3 Å². The van der Waals surface area contributed by atoms with Crippen LogP contribution in [0.1, 0.15) is 102 Å². The Hall–Kier alpha value is -4.10. The first kappa shape index (κ1) is 38.1. The molecule has 3 aromatic heterocycles. The summed E-state index contributed by atoms with van der Waals surface area (Å²) in [5, 5.41) is 6.83. The van der Waals surface area contributed by atoms with E-state index in [1.807, 2.05) is 30.8 Å². The van der Waals surface area contributed by atoms with Crippen molar-refractivity contribution in [2.75, 3.05) is 30.4 Å². The molecule has 1 saturated heterocycles. The lowest BCUT2D eigenvalue weighted by atomic mass is 9.87. The van der Waals surface area contributed by atoms with Crippen molar-refractivity contribution in [1.29, 1.82) is 0 Å². The number of esters is 1. The number of ether oxygens (including phenoxy) is 2.